The van der Waals surface area contributed by atoms with Crippen LogP contribution in [0.3, 0.4) is 0 Å². The number of carbonyl (C=O) groups is 2. The van der Waals surface area contributed by atoms with Gasteiger partial charge in [0.15, 0.2) is 12.7 Å². The van der Waals surface area contributed by atoms with E-state index < -0.39 is 35.0 Å². The Morgan fingerprint density at radius 1 is 1.26 bits per heavy atom. The van der Waals surface area contributed by atoms with Crippen molar-refractivity contribution in [2.75, 3.05) is 6.61 Å². The Morgan fingerprint density at radius 2 is 1.97 bits per heavy atom. The Bertz CT molecular complexity index is 945. The highest BCUT2D eigenvalue weighted by atomic mass is 35.5. The van der Waals surface area contributed by atoms with Gasteiger partial charge in [-0.2, -0.15) is 5.48 Å². The van der Waals surface area contributed by atoms with Crippen LogP contribution in [-0.2, 0) is 14.4 Å². The summed E-state index contributed by atoms with van der Waals surface area (Å²) in [4.78, 5) is 31.0. The van der Waals surface area contributed by atoms with Crippen molar-refractivity contribution in [3.63, 3.8) is 0 Å². The summed E-state index contributed by atoms with van der Waals surface area (Å²) >= 11 is 5.66. The average molecular weight is 498 g/mol. The number of hydrogen-bond donors (Lipinski definition) is 4. The van der Waals surface area contributed by atoms with Crippen molar-refractivity contribution in [2.24, 2.45) is 5.41 Å². The lowest BCUT2D eigenvalue weighted by molar-refractivity contribution is -0.142. The minimum absolute atomic E-state index is 0.0245. The fourth-order valence-corrected chi connectivity index (χ4v) is 5.32. The molecule has 0 spiro atoms. The molecule has 4 fully saturated rings. The van der Waals surface area contributed by atoms with Crippen molar-refractivity contribution in [1.82, 2.24) is 16.1 Å². The molecule has 3 atom stereocenters. The van der Waals surface area contributed by atoms with Crippen LogP contribution in [0, 0.1) is 11.2 Å². The molecule has 5 rings (SSSR count). The van der Waals surface area contributed by atoms with Gasteiger partial charge in [0.2, 0.25) is 0 Å². The zero-order valence-corrected chi connectivity index (χ0v) is 20.5. The molecule has 2 amide bonds. The molecule has 2 bridgehead atoms. The van der Waals surface area contributed by atoms with Gasteiger partial charge in [-0.25, -0.2) is 4.39 Å². The van der Waals surface area contributed by atoms with E-state index >= 15 is 0 Å². The molecule has 4 aliphatic rings. The summed E-state index contributed by atoms with van der Waals surface area (Å²) in [6.07, 6.45) is 1.91. The van der Waals surface area contributed by atoms with E-state index in [1.165, 1.54) is 12.1 Å². The first-order valence-corrected chi connectivity index (χ1v) is 12.1. The predicted octanol–water partition coefficient (Wildman–Crippen LogP) is 2.61. The number of rotatable bonds is 6. The maximum absolute atomic E-state index is 13.6. The molecule has 0 aromatic heterocycles. The smallest absolute Gasteiger partial charge is 0.258 e. The molecule has 1 aromatic rings. The highest BCUT2D eigenvalue weighted by molar-refractivity contribution is 6.30. The highest BCUT2D eigenvalue weighted by Gasteiger charge is 2.56. The molecule has 1 aliphatic heterocycles. The van der Waals surface area contributed by atoms with Gasteiger partial charge in [0.25, 0.3) is 11.8 Å². The number of amides is 2. The lowest BCUT2D eigenvalue weighted by Crippen LogP contribution is -2.70. The summed E-state index contributed by atoms with van der Waals surface area (Å²) in [5, 5.41) is 17.0. The van der Waals surface area contributed by atoms with Crippen molar-refractivity contribution in [3.05, 3.63) is 29.0 Å². The van der Waals surface area contributed by atoms with Crippen LogP contribution in [0.5, 0.6) is 5.75 Å². The molecule has 4 N–H and O–H groups in total. The van der Waals surface area contributed by atoms with Gasteiger partial charge in [0, 0.05) is 24.1 Å². The van der Waals surface area contributed by atoms with Crippen molar-refractivity contribution in [1.29, 1.82) is 0 Å². The Balaban J connectivity index is 1.30. The molecule has 1 saturated heterocycles. The molecular formula is C24H33ClFN3O5. The standard InChI is InChI=1S/C24H33ClFN3O5/c1-22(2,3)18-11-17(34-29-18)21(32)28-23-6-8-24(9-7-23,19(30)12-23)27-20(31)13-33-14-4-5-15(25)16(26)10-14/h4-5,10,17-19,29-30H,6-9,11-13H2,1-3H3,(H,27,31)(H,28,32)/t17?,18?,19-,23?,24?/m0/s1. The van der Waals surface area contributed by atoms with E-state index in [0.717, 1.165) is 6.07 Å². The molecule has 1 heterocycles. The molecule has 1 aromatic carbocycles. The fraction of sp³-hybridized carbons (Fsp3) is 0.667. The summed E-state index contributed by atoms with van der Waals surface area (Å²) in [6.45, 7) is 5.98. The summed E-state index contributed by atoms with van der Waals surface area (Å²) in [5.41, 5.74) is 1.68. The summed E-state index contributed by atoms with van der Waals surface area (Å²) in [7, 11) is 0. The normalized spacial score (nSPS) is 32.9. The van der Waals surface area contributed by atoms with Crippen LogP contribution < -0.4 is 20.9 Å². The summed E-state index contributed by atoms with van der Waals surface area (Å²) < 4.78 is 18.9. The molecular weight excluding hydrogens is 465 g/mol. The van der Waals surface area contributed by atoms with Crippen molar-refractivity contribution >= 4 is 23.4 Å². The van der Waals surface area contributed by atoms with Crippen LogP contribution in [0.25, 0.3) is 0 Å². The maximum Gasteiger partial charge on any atom is 0.258 e. The minimum Gasteiger partial charge on any atom is -0.484 e. The molecule has 8 nitrogen and oxygen atoms in total. The van der Waals surface area contributed by atoms with E-state index in [1.807, 2.05) is 0 Å². The van der Waals surface area contributed by atoms with Crippen molar-refractivity contribution in [3.8, 4) is 5.75 Å². The molecule has 0 radical (unpaired) electrons. The average Bonchev–Trinajstić information content (AvgIpc) is 3.27. The second-order valence-electron chi connectivity index (χ2n) is 10.9. The van der Waals surface area contributed by atoms with Crippen LogP contribution in [0.2, 0.25) is 5.02 Å². The first kappa shape index (κ1) is 25.2. The number of aliphatic hydroxyl groups excluding tert-OH is 1. The third kappa shape index (κ3) is 5.17. The van der Waals surface area contributed by atoms with E-state index in [9.17, 15) is 19.1 Å². The van der Waals surface area contributed by atoms with E-state index in [-0.39, 0.29) is 34.7 Å². The fourth-order valence-electron chi connectivity index (χ4n) is 5.20. The van der Waals surface area contributed by atoms with E-state index in [4.69, 9.17) is 21.2 Å². The van der Waals surface area contributed by atoms with Crippen LogP contribution in [0.15, 0.2) is 18.2 Å². The zero-order chi connectivity index (χ0) is 24.7. The Labute approximate surface area is 203 Å². The van der Waals surface area contributed by atoms with Crippen LogP contribution in [-0.4, -0.2) is 52.9 Å². The lowest BCUT2D eigenvalue weighted by Gasteiger charge is -2.56. The van der Waals surface area contributed by atoms with Gasteiger partial charge in [0.05, 0.1) is 16.7 Å². The number of carbonyl (C=O) groups excluding carboxylic acids is 2. The Hall–Kier alpha value is -1.94. The topological polar surface area (TPSA) is 109 Å². The third-order valence-electron chi connectivity index (χ3n) is 7.50. The van der Waals surface area contributed by atoms with Crippen LogP contribution in [0.4, 0.5) is 4.39 Å². The molecule has 188 valence electrons. The van der Waals surface area contributed by atoms with Gasteiger partial charge in [0.1, 0.15) is 11.6 Å². The predicted molar refractivity (Wildman–Crippen MR) is 124 cm³/mol. The van der Waals surface area contributed by atoms with E-state index in [0.29, 0.717) is 38.5 Å². The minimum atomic E-state index is -0.808. The number of fused-ring (bicyclic) bond motifs is 3. The zero-order valence-electron chi connectivity index (χ0n) is 19.7. The molecule has 3 saturated carbocycles. The number of halogens is 2. The number of ether oxygens (including phenoxy) is 1. The molecule has 34 heavy (non-hydrogen) atoms. The second-order valence-corrected chi connectivity index (χ2v) is 11.3. The number of aliphatic hydroxyl groups is 1. The van der Waals surface area contributed by atoms with E-state index in [1.54, 1.807) is 0 Å². The number of hydrogen-bond acceptors (Lipinski definition) is 6. The van der Waals surface area contributed by atoms with Crippen LogP contribution >= 0.6 is 11.6 Å². The molecule has 3 aliphatic carbocycles. The Morgan fingerprint density at radius 3 is 2.56 bits per heavy atom. The number of hydroxylamine groups is 1. The maximum atomic E-state index is 13.6. The largest absolute Gasteiger partial charge is 0.484 e. The van der Waals surface area contributed by atoms with E-state index in [2.05, 4.69) is 36.9 Å². The quantitative estimate of drug-likeness (QED) is 0.481. The number of nitrogens with one attached hydrogen (secondary N) is 3. The lowest BCUT2D eigenvalue weighted by atomic mass is 9.59. The van der Waals surface area contributed by atoms with Gasteiger partial charge < -0.3 is 20.5 Å². The Kier molecular flexibility index (Phi) is 6.85. The van der Waals surface area contributed by atoms with Crippen molar-refractivity contribution < 1.29 is 28.7 Å². The highest BCUT2D eigenvalue weighted by Crippen LogP contribution is 2.47. The summed E-state index contributed by atoms with van der Waals surface area (Å²) in [5.74, 6) is -0.999. The van der Waals surface area contributed by atoms with Crippen LogP contribution in [0.1, 0.15) is 59.3 Å². The van der Waals surface area contributed by atoms with Crippen molar-refractivity contribution in [2.45, 2.75) is 88.6 Å². The SMILES string of the molecule is CC(C)(C)C1CC(C(=O)NC23CCC(NC(=O)COc4ccc(Cl)c(F)c4)(CC2)[C@@H](O)C3)ON1. The van der Waals surface area contributed by atoms with Gasteiger partial charge >= 0.3 is 0 Å². The van der Waals surface area contributed by atoms with Gasteiger partial charge in [-0.15, -0.1) is 0 Å². The first-order chi connectivity index (χ1) is 15.9. The summed E-state index contributed by atoms with van der Waals surface area (Å²) in [6, 6.07) is 4.04. The van der Waals surface area contributed by atoms with Gasteiger partial charge in [-0.1, -0.05) is 32.4 Å². The second kappa shape index (κ2) is 9.26. The van der Waals surface area contributed by atoms with Gasteiger partial charge in [-0.3, -0.25) is 14.4 Å². The van der Waals surface area contributed by atoms with Gasteiger partial charge in [-0.05, 0) is 49.7 Å². The third-order valence-corrected chi connectivity index (χ3v) is 7.81. The number of benzene rings is 1. The monoisotopic (exact) mass is 497 g/mol. The molecule has 2 unspecified atom stereocenters. The first-order valence-electron chi connectivity index (χ1n) is 11.7. The molecule has 10 heteroatoms.